The standard InChI is InChI=1S/C26H38AsN3O6/c1-16(2)21(27-24(33)36-26(3,4)5)23(32)30-14-13-29(25(34)35)15-20(30)22(31)28-19-12-8-10-17-9-6-7-11-18(17)19/h6-7,9,11,16,19-21,27H,8,10,12-15H2,1-5H3,(H,28,31)(H,34,35)/t19-,20+,21+/m1/s1. The maximum absolute atomic E-state index is 13.7. The Morgan fingerprint density at radius 3 is 2.47 bits per heavy atom. The summed E-state index contributed by atoms with van der Waals surface area (Å²) in [5, 5.41) is 12.7. The molecule has 0 aromatic heterocycles. The maximum atomic E-state index is 13.7. The van der Waals surface area contributed by atoms with E-state index in [-0.39, 0.29) is 48.2 Å². The number of carboxylic acid groups (broad SMARTS) is 1. The molecule has 2 aliphatic rings. The van der Waals surface area contributed by atoms with Gasteiger partial charge in [0.05, 0.1) is 0 Å². The Hall–Kier alpha value is -2.54. The van der Waals surface area contributed by atoms with E-state index in [1.165, 1.54) is 15.4 Å². The Morgan fingerprint density at radius 2 is 1.83 bits per heavy atom. The fourth-order valence-corrected chi connectivity index (χ4v) is 7.35. The predicted molar refractivity (Wildman–Crippen MR) is 137 cm³/mol. The summed E-state index contributed by atoms with van der Waals surface area (Å²) in [6.45, 7) is 9.27. The van der Waals surface area contributed by atoms with Gasteiger partial charge in [-0.2, -0.15) is 0 Å². The van der Waals surface area contributed by atoms with E-state index in [1.807, 2.05) is 32.0 Å². The molecule has 0 spiro atoms. The van der Waals surface area contributed by atoms with Crippen molar-refractivity contribution in [2.45, 2.75) is 76.3 Å². The summed E-state index contributed by atoms with van der Waals surface area (Å²) >= 11 is -1.47. The van der Waals surface area contributed by atoms with Crippen LogP contribution in [0.2, 0.25) is 4.71 Å². The Labute approximate surface area is 219 Å². The van der Waals surface area contributed by atoms with Crippen LogP contribution in [0.1, 0.15) is 64.6 Å². The van der Waals surface area contributed by atoms with Gasteiger partial charge in [-0.1, -0.05) is 0 Å². The van der Waals surface area contributed by atoms with Gasteiger partial charge < -0.3 is 0 Å². The van der Waals surface area contributed by atoms with Crippen LogP contribution in [-0.2, 0) is 20.7 Å². The Bertz CT molecular complexity index is 992. The second-order valence-electron chi connectivity index (χ2n) is 10.8. The van der Waals surface area contributed by atoms with Gasteiger partial charge in [0.1, 0.15) is 0 Å². The number of rotatable bonds is 6. The number of piperazine rings is 1. The molecule has 1 heterocycles. The third-order valence-corrected chi connectivity index (χ3v) is 9.81. The number of benzene rings is 1. The number of fused-ring (bicyclic) bond motifs is 1. The molecule has 1 unspecified atom stereocenters. The third kappa shape index (κ3) is 7.02. The molecule has 3 rings (SSSR count). The normalized spacial score (nSPS) is 21.3. The van der Waals surface area contributed by atoms with E-state index in [2.05, 4.69) is 11.4 Å². The van der Waals surface area contributed by atoms with E-state index in [0.717, 1.165) is 24.8 Å². The first-order chi connectivity index (χ1) is 16.9. The molecule has 1 fully saturated rings. The van der Waals surface area contributed by atoms with Crippen LogP contribution in [0.5, 0.6) is 0 Å². The van der Waals surface area contributed by atoms with Crippen LogP contribution in [0.15, 0.2) is 24.3 Å². The molecule has 9 nitrogen and oxygen atoms in total. The predicted octanol–water partition coefficient (Wildman–Crippen LogP) is 3.19. The topological polar surface area (TPSA) is 116 Å². The number of hydrogen-bond acceptors (Lipinski definition) is 5. The Balaban J connectivity index is 1.81. The number of carbonyl (C=O) groups excluding carboxylic acids is 3. The SMILES string of the molecule is CC(C)[C@H]([AsH]C(=O)OC(C)(C)C)C(=O)N1CCN(C(=O)O)C[C@H]1C(=O)N[C@@H]1CCCc2ccccc21. The second kappa shape index (κ2) is 11.7. The zero-order valence-electron chi connectivity index (χ0n) is 21.7. The van der Waals surface area contributed by atoms with Crippen molar-refractivity contribution < 1.29 is 29.0 Å². The van der Waals surface area contributed by atoms with Crippen molar-refractivity contribution in [2.75, 3.05) is 19.6 Å². The molecule has 1 aliphatic carbocycles. The Morgan fingerprint density at radius 1 is 1.14 bits per heavy atom. The summed E-state index contributed by atoms with van der Waals surface area (Å²) < 4.78 is 4.59. The number of carbonyl (C=O) groups is 4. The number of hydrogen-bond donors (Lipinski definition) is 2. The molecular weight excluding hydrogens is 525 g/mol. The summed E-state index contributed by atoms with van der Waals surface area (Å²) in [5.41, 5.74) is 1.62. The van der Waals surface area contributed by atoms with Gasteiger partial charge >= 0.3 is 220 Å². The molecular formula is C26H38AsN3O6. The average molecular weight is 564 g/mol. The van der Waals surface area contributed by atoms with Gasteiger partial charge in [0.2, 0.25) is 0 Å². The van der Waals surface area contributed by atoms with Crippen molar-refractivity contribution in [3.63, 3.8) is 0 Å². The molecule has 1 aliphatic heterocycles. The van der Waals surface area contributed by atoms with E-state index in [9.17, 15) is 24.3 Å². The molecule has 1 saturated heterocycles. The minimum absolute atomic E-state index is 0.0987. The van der Waals surface area contributed by atoms with E-state index in [1.54, 1.807) is 20.8 Å². The monoisotopic (exact) mass is 563 g/mol. The van der Waals surface area contributed by atoms with Crippen molar-refractivity contribution in [3.8, 4) is 0 Å². The summed E-state index contributed by atoms with van der Waals surface area (Å²) in [4.78, 5) is 54.3. The minimum atomic E-state index is -1.47. The molecule has 0 radical (unpaired) electrons. The van der Waals surface area contributed by atoms with Crippen LogP contribution in [0.3, 0.4) is 0 Å². The number of aryl methyl sites for hydroxylation is 1. The summed E-state index contributed by atoms with van der Waals surface area (Å²) in [6.07, 6.45) is 1.55. The number of amides is 3. The van der Waals surface area contributed by atoms with Crippen LogP contribution in [0, 0.1) is 5.92 Å². The first-order valence-corrected chi connectivity index (χ1v) is 14.8. The van der Waals surface area contributed by atoms with Crippen molar-refractivity contribution in [2.24, 2.45) is 5.92 Å². The van der Waals surface area contributed by atoms with Crippen LogP contribution in [0.4, 0.5) is 9.59 Å². The molecule has 1 aromatic carbocycles. The average Bonchev–Trinajstić information content (AvgIpc) is 2.80. The number of ether oxygens (including phenoxy) is 1. The van der Waals surface area contributed by atoms with Gasteiger partial charge in [-0.05, 0) is 0 Å². The van der Waals surface area contributed by atoms with Gasteiger partial charge in [-0.25, -0.2) is 0 Å². The Kier molecular flexibility index (Phi) is 9.09. The summed E-state index contributed by atoms with van der Waals surface area (Å²) in [6, 6.07) is 6.85. The summed E-state index contributed by atoms with van der Waals surface area (Å²) in [7, 11) is 0. The third-order valence-electron chi connectivity index (χ3n) is 6.53. The van der Waals surface area contributed by atoms with Gasteiger partial charge in [0.25, 0.3) is 0 Å². The molecule has 0 saturated carbocycles. The van der Waals surface area contributed by atoms with Gasteiger partial charge in [0, 0.05) is 0 Å². The van der Waals surface area contributed by atoms with Crippen molar-refractivity contribution in [3.05, 3.63) is 35.4 Å². The van der Waals surface area contributed by atoms with Crippen LogP contribution < -0.4 is 5.32 Å². The van der Waals surface area contributed by atoms with Crippen LogP contribution in [-0.4, -0.2) is 84.6 Å². The quantitative estimate of drug-likeness (QED) is 0.514. The van der Waals surface area contributed by atoms with Gasteiger partial charge in [0.15, 0.2) is 0 Å². The van der Waals surface area contributed by atoms with E-state index < -0.39 is 38.2 Å². The molecule has 4 atom stereocenters. The fraction of sp³-hybridized carbons (Fsp3) is 0.615. The number of nitrogens with zero attached hydrogens (tertiary/aromatic N) is 2. The van der Waals surface area contributed by atoms with Gasteiger partial charge in [-0.15, -0.1) is 0 Å². The zero-order valence-corrected chi connectivity index (χ0v) is 23.8. The molecule has 0 bridgehead atoms. The van der Waals surface area contributed by atoms with Crippen LogP contribution in [0.25, 0.3) is 0 Å². The van der Waals surface area contributed by atoms with Crippen LogP contribution >= 0.6 is 0 Å². The molecule has 3 amide bonds. The fourth-order valence-electron chi connectivity index (χ4n) is 4.74. The first kappa shape index (κ1) is 28.0. The molecule has 36 heavy (non-hydrogen) atoms. The molecule has 10 heteroatoms. The molecule has 2 N–H and O–H groups in total. The number of nitrogens with one attached hydrogen (secondary N) is 1. The van der Waals surface area contributed by atoms with E-state index >= 15 is 0 Å². The second-order valence-corrected chi connectivity index (χ2v) is 13.6. The summed E-state index contributed by atoms with van der Waals surface area (Å²) in [5.74, 6) is -0.752. The zero-order chi connectivity index (χ0) is 26.6. The first-order valence-electron chi connectivity index (χ1n) is 12.5. The van der Waals surface area contributed by atoms with Crippen molar-refractivity contribution in [1.82, 2.24) is 15.1 Å². The van der Waals surface area contributed by atoms with Gasteiger partial charge in [-0.3, -0.25) is 0 Å². The molecule has 198 valence electrons. The van der Waals surface area contributed by atoms with Crippen molar-refractivity contribution >= 4 is 38.4 Å². The van der Waals surface area contributed by atoms with E-state index in [0.29, 0.717) is 0 Å². The molecule has 1 aromatic rings. The van der Waals surface area contributed by atoms with E-state index in [4.69, 9.17) is 4.74 Å². The van der Waals surface area contributed by atoms with Crippen molar-refractivity contribution in [1.29, 1.82) is 0 Å².